The van der Waals surface area contributed by atoms with Crippen LogP contribution in [0.4, 0.5) is 11.4 Å². The minimum atomic E-state index is -1.21. The van der Waals surface area contributed by atoms with E-state index in [1.165, 1.54) is 6.42 Å². The van der Waals surface area contributed by atoms with Crippen LogP contribution in [0.25, 0.3) is 0 Å². The lowest BCUT2D eigenvalue weighted by Gasteiger charge is -2.28. The summed E-state index contributed by atoms with van der Waals surface area (Å²) in [5, 5.41) is 9.19. The van der Waals surface area contributed by atoms with Crippen LogP contribution in [-0.4, -0.2) is 23.8 Å². The summed E-state index contributed by atoms with van der Waals surface area (Å²) >= 11 is 6.02. The summed E-state index contributed by atoms with van der Waals surface area (Å²) in [7, 11) is 0. The largest absolute Gasteiger partial charge is 0.353 e. The van der Waals surface area contributed by atoms with Gasteiger partial charge in [-0.1, -0.05) is 55.1 Å². The quantitative estimate of drug-likeness (QED) is 0.645. The lowest BCUT2D eigenvalue weighted by molar-refractivity contribution is -0.136. The maximum Gasteiger partial charge on any atom is 0.238 e. The van der Waals surface area contributed by atoms with Crippen LogP contribution in [0.1, 0.15) is 43.6 Å². The third kappa shape index (κ3) is 4.33. The van der Waals surface area contributed by atoms with E-state index in [1.54, 1.807) is 48.5 Å². The smallest absolute Gasteiger partial charge is 0.238 e. The zero-order valence-electron chi connectivity index (χ0n) is 16.5. The van der Waals surface area contributed by atoms with Gasteiger partial charge in [0.05, 0.1) is 17.3 Å². The molecule has 1 aliphatic carbocycles. The molecule has 1 saturated carbocycles. The molecule has 0 saturated heterocycles. The van der Waals surface area contributed by atoms with E-state index in [1.807, 2.05) is 0 Å². The van der Waals surface area contributed by atoms with Gasteiger partial charge in [0.2, 0.25) is 17.7 Å². The Kier molecular flexibility index (Phi) is 6.04. The van der Waals surface area contributed by atoms with E-state index in [9.17, 15) is 14.4 Å². The third-order valence-electron chi connectivity index (χ3n) is 5.80. The molecule has 1 heterocycles. The van der Waals surface area contributed by atoms with Crippen LogP contribution in [0.15, 0.2) is 48.5 Å². The number of rotatable bonds is 4. The molecule has 6 nitrogen and oxygen atoms in total. The lowest BCUT2D eigenvalue weighted by Crippen LogP contribution is -2.46. The van der Waals surface area contributed by atoms with Crippen molar-refractivity contribution < 1.29 is 14.4 Å². The standard InChI is InChI=1S/C23H24ClN3O3/c24-15-12-10-14(11-13-15)19(21(28)25-16-6-2-1-3-7-16)20-22(29)26-17-8-4-5-9-18(17)27-23(20)30/h4-5,8-13,16,19-20H,1-3,6-7H2,(H,25,28)(H,26,29)(H,27,30). The van der Waals surface area contributed by atoms with Crippen LogP contribution in [0, 0.1) is 5.92 Å². The fourth-order valence-corrected chi connectivity index (χ4v) is 4.37. The number of hydrogen-bond acceptors (Lipinski definition) is 3. The Balaban J connectivity index is 1.67. The molecule has 7 heteroatoms. The number of nitrogens with one attached hydrogen (secondary N) is 3. The molecule has 2 aliphatic rings. The molecule has 1 aliphatic heterocycles. The van der Waals surface area contributed by atoms with Gasteiger partial charge in [0.15, 0.2) is 0 Å². The first-order chi connectivity index (χ1) is 14.5. The molecule has 3 N–H and O–H groups in total. The molecule has 1 atom stereocenters. The van der Waals surface area contributed by atoms with Crippen LogP contribution >= 0.6 is 11.6 Å². The summed E-state index contributed by atoms with van der Waals surface area (Å²) in [6.07, 6.45) is 5.12. The van der Waals surface area contributed by atoms with Gasteiger partial charge in [0.1, 0.15) is 5.92 Å². The normalized spacial score (nSPS) is 18.6. The van der Waals surface area contributed by atoms with Crippen molar-refractivity contribution >= 4 is 40.7 Å². The van der Waals surface area contributed by atoms with E-state index in [4.69, 9.17) is 11.6 Å². The van der Waals surface area contributed by atoms with Crippen molar-refractivity contribution in [1.82, 2.24) is 5.32 Å². The number of benzene rings is 2. The average Bonchev–Trinajstić information content (AvgIpc) is 2.86. The van der Waals surface area contributed by atoms with Gasteiger partial charge in [-0.05, 0) is 42.7 Å². The zero-order valence-corrected chi connectivity index (χ0v) is 17.2. The van der Waals surface area contributed by atoms with Crippen LogP contribution in [0.2, 0.25) is 5.02 Å². The predicted molar refractivity (Wildman–Crippen MR) is 116 cm³/mol. The number of fused-ring (bicyclic) bond motifs is 1. The van der Waals surface area contributed by atoms with E-state index >= 15 is 0 Å². The number of amides is 3. The Labute approximate surface area is 180 Å². The second-order valence-electron chi connectivity index (χ2n) is 7.87. The molecule has 0 aromatic heterocycles. The predicted octanol–water partition coefficient (Wildman–Crippen LogP) is 4.08. The van der Waals surface area contributed by atoms with Gasteiger partial charge in [-0.15, -0.1) is 0 Å². The van der Waals surface area contributed by atoms with Gasteiger partial charge in [0.25, 0.3) is 0 Å². The molecular formula is C23H24ClN3O3. The van der Waals surface area contributed by atoms with Gasteiger partial charge in [-0.25, -0.2) is 0 Å². The molecule has 1 unspecified atom stereocenters. The van der Waals surface area contributed by atoms with Crippen LogP contribution in [0.5, 0.6) is 0 Å². The first kappa shape index (κ1) is 20.4. The first-order valence-corrected chi connectivity index (χ1v) is 10.7. The number of anilines is 2. The lowest BCUT2D eigenvalue weighted by atomic mass is 9.83. The third-order valence-corrected chi connectivity index (χ3v) is 6.06. The highest BCUT2D eigenvalue weighted by Crippen LogP contribution is 2.33. The highest BCUT2D eigenvalue weighted by Gasteiger charge is 2.42. The Morgan fingerprint density at radius 2 is 1.47 bits per heavy atom. The van der Waals surface area contributed by atoms with Crippen LogP contribution in [-0.2, 0) is 14.4 Å². The van der Waals surface area contributed by atoms with Gasteiger partial charge in [-0.3, -0.25) is 14.4 Å². The van der Waals surface area contributed by atoms with Crippen molar-refractivity contribution in [2.45, 2.75) is 44.1 Å². The number of carbonyl (C=O) groups is 3. The zero-order chi connectivity index (χ0) is 21.1. The maximum absolute atomic E-state index is 13.4. The number of para-hydroxylation sites is 2. The number of hydrogen-bond donors (Lipinski definition) is 3. The Morgan fingerprint density at radius 1 is 0.900 bits per heavy atom. The molecule has 2 aromatic carbocycles. The Hall–Kier alpha value is -2.86. The van der Waals surface area contributed by atoms with Crippen molar-refractivity contribution in [2.75, 3.05) is 10.6 Å². The molecule has 3 amide bonds. The average molecular weight is 426 g/mol. The second kappa shape index (κ2) is 8.88. The summed E-state index contributed by atoms with van der Waals surface area (Å²) in [6.45, 7) is 0. The Morgan fingerprint density at radius 3 is 2.03 bits per heavy atom. The Bertz CT molecular complexity index is 917. The van der Waals surface area contributed by atoms with E-state index < -0.39 is 23.7 Å². The minimum absolute atomic E-state index is 0.0650. The molecule has 4 rings (SSSR count). The van der Waals surface area contributed by atoms with Crippen molar-refractivity contribution in [1.29, 1.82) is 0 Å². The van der Waals surface area contributed by atoms with E-state index in [-0.39, 0.29) is 11.9 Å². The summed E-state index contributed by atoms with van der Waals surface area (Å²) < 4.78 is 0. The number of carbonyl (C=O) groups excluding carboxylic acids is 3. The number of halogens is 1. The van der Waals surface area contributed by atoms with Crippen molar-refractivity contribution in [2.24, 2.45) is 5.92 Å². The van der Waals surface area contributed by atoms with Crippen molar-refractivity contribution in [3.05, 3.63) is 59.1 Å². The van der Waals surface area contributed by atoms with Crippen molar-refractivity contribution in [3.63, 3.8) is 0 Å². The summed E-state index contributed by atoms with van der Waals surface area (Å²) in [5.74, 6) is -3.49. The minimum Gasteiger partial charge on any atom is -0.353 e. The van der Waals surface area contributed by atoms with Gasteiger partial charge in [0, 0.05) is 11.1 Å². The SMILES string of the molecule is O=C1Nc2ccccc2NC(=O)C1C(C(=O)NC1CCCCC1)c1ccc(Cl)cc1. The molecule has 0 spiro atoms. The molecule has 156 valence electrons. The molecule has 2 aromatic rings. The highest BCUT2D eigenvalue weighted by molar-refractivity contribution is 6.30. The van der Waals surface area contributed by atoms with Crippen LogP contribution < -0.4 is 16.0 Å². The summed E-state index contributed by atoms with van der Waals surface area (Å²) in [6, 6.07) is 13.8. The molecule has 0 radical (unpaired) electrons. The fourth-order valence-electron chi connectivity index (χ4n) is 4.25. The molecule has 0 bridgehead atoms. The second-order valence-corrected chi connectivity index (χ2v) is 8.31. The first-order valence-electron chi connectivity index (χ1n) is 10.3. The van der Waals surface area contributed by atoms with Gasteiger partial charge < -0.3 is 16.0 Å². The van der Waals surface area contributed by atoms with E-state index in [2.05, 4.69) is 16.0 Å². The van der Waals surface area contributed by atoms with Gasteiger partial charge in [-0.2, -0.15) is 0 Å². The van der Waals surface area contributed by atoms with Crippen molar-refractivity contribution in [3.8, 4) is 0 Å². The summed E-state index contributed by atoms with van der Waals surface area (Å²) in [4.78, 5) is 39.5. The molecule has 1 fully saturated rings. The van der Waals surface area contributed by atoms with Crippen LogP contribution in [0.3, 0.4) is 0 Å². The fraction of sp³-hybridized carbons (Fsp3) is 0.348. The topological polar surface area (TPSA) is 87.3 Å². The monoisotopic (exact) mass is 425 g/mol. The van der Waals surface area contributed by atoms with E-state index in [0.717, 1.165) is 25.7 Å². The highest BCUT2D eigenvalue weighted by atomic mass is 35.5. The van der Waals surface area contributed by atoms with E-state index in [0.29, 0.717) is 22.0 Å². The molecular weight excluding hydrogens is 402 g/mol. The maximum atomic E-state index is 13.4. The molecule has 30 heavy (non-hydrogen) atoms. The summed E-state index contributed by atoms with van der Waals surface area (Å²) in [5.41, 5.74) is 1.61. The van der Waals surface area contributed by atoms with Gasteiger partial charge >= 0.3 is 0 Å².